The minimum atomic E-state index is -0.330. The van der Waals surface area contributed by atoms with Crippen molar-refractivity contribution in [2.75, 3.05) is 11.5 Å². The molecule has 2 aromatic rings. The molecule has 2 aliphatic rings. The largest absolute Gasteiger partial charge is 0.487 e. The molecule has 3 N–H and O–H groups in total. The van der Waals surface area contributed by atoms with Crippen molar-refractivity contribution in [1.29, 1.82) is 0 Å². The molecule has 0 spiro atoms. The summed E-state index contributed by atoms with van der Waals surface area (Å²) >= 11 is 1.75. The van der Waals surface area contributed by atoms with Gasteiger partial charge in [-0.1, -0.05) is 18.2 Å². The van der Waals surface area contributed by atoms with E-state index in [0.29, 0.717) is 5.69 Å². The van der Waals surface area contributed by atoms with Crippen LogP contribution in [0.15, 0.2) is 47.4 Å². The smallest absolute Gasteiger partial charge is 0.228 e. The summed E-state index contributed by atoms with van der Waals surface area (Å²) < 4.78 is 6.06. The monoisotopic (exact) mass is 354 g/mol. The van der Waals surface area contributed by atoms with Gasteiger partial charge in [0.15, 0.2) is 0 Å². The number of nitrogens with one attached hydrogen (secondary N) is 1. The summed E-state index contributed by atoms with van der Waals surface area (Å²) in [5, 5.41) is 3.25. The summed E-state index contributed by atoms with van der Waals surface area (Å²) in [6.07, 6.45) is 0.719. The number of hydrogen-bond donors (Lipinski definition) is 2. The van der Waals surface area contributed by atoms with E-state index in [1.54, 1.807) is 11.8 Å². The summed E-state index contributed by atoms with van der Waals surface area (Å²) in [6, 6.07) is 13.7. The molecular weight excluding hydrogens is 332 g/mol. The molecule has 2 aromatic carbocycles. The van der Waals surface area contributed by atoms with E-state index in [2.05, 4.69) is 17.4 Å². The standard InChI is InChI=1S/C20H22N2O2S/c1-20(2)10-16(14-9-12(21)7-8-17(14)24-20)22-19(23)15-11-25-18-6-4-3-5-13(15)18/h3-9,15-16H,10-11,21H2,1-2H3,(H,22,23). The Morgan fingerprint density at radius 3 is 2.88 bits per heavy atom. The lowest BCUT2D eigenvalue weighted by molar-refractivity contribution is -0.123. The highest BCUT2D eigenvalue weighted by Crippen LogP contribution is 2.42. The van der Waals surface area contributed by atoms with Gasteiger partial charge in [0.25, 0.3) is 0 Å². The summed E-state index contributed by atoms with van der Waals surface area (Å²) in [5.74, 6) is 1.57. The molecule has 0 aromatic heterocycles. The van der Waals surface area contributed by atoms with Crippen LogP contribution in [0, 0.1) is 0 Å². The molecule has 0 fully saturated rings. The Kier molecular flexibility index (Phi) is 3.91. The SMILES string of the molecule is CC1(C)CC(NC(=O)C2CSc3ccccc32)c2cc(N)ccc2O1. The van der Waals surface area contributed by atoms with Crippen molar-refractivity contribution >= 4 is 23.4 Å². The number of amides is 1. The van der Waals surface area contributed by atoms with Gasteiger partial charge in [0.05, 0.1) is 12.0 Å². The maximum absolute atomic E-state index is 13.0. The summed E-state index contributed by atoms with van der Waals surface area (Å²) in [4.78, 5) is 14.2. The fourth-order valence-corrected chi connectivity index (χ4v) is 4.88. The number of benzene rings is 2. The van der Waals surface area contributed by atoms with Crippen LogP contribution in [0.4, 0.5) is 5.69 Å². The normalized spacial score (nSPS) is 23.3. The Bertz CT molecular complexity index is 834. The molecule has 130 valence electrons. The minimum absolute atomic E-state index is 0.0773. The first-order chi connectivity index (χ1) is 11.9. The van der Waals surface area contributed by atoms with Crippen LogP contribution in [-0.2, 0) is 4.79 Å². The van der Waals surface area contributed by atoms with Crippen molar-refractivity contribution < 1.29 is 9.53 Å². The van der Waals surface area contributed by atoms with Gasteiger partial charge in [-0.15, -0.1) is 11.8 Å². The van der Waals surface area contributed by atoms with E-state index in [1.807, 2.05) is 44.2 Å². The van der Waals surface area contributed by atoms with E-state index in [-0.39, 0.29) is 23.5 Å². The fraction of sp³-hybridized carbons (Fsp3) is 0.350. The van der Waals surface area contributed by atoms with Crippen molar-refractivity contribution in [3.8, 4) is 5.75 Å². The quantitative estimate of drug-likeness (QED) is 0.804. The predicted molar refractivity (Wildman–Crippen MR) is 101 cm³/mol. The van der Waals surface area contributed by atoms with Gasteiger partial charge in [0.2, 0.25) is 5.91 Å². The predicted octanol–water partition coefficient (Wildman–Crippen LogP) is 3.88. The molecule has 5 heteroatoms. The number of rotatable bonds is 2. The van der Waals surface area contributed by atoms with Gasteiger partial charge in [-0.05, 0) is 43.7 Å². The van der Waals surface area contributed by atoms with Crippen molar-refractivity contribution in [2.24, 2.45) is 0 Å². The molecular formula is C20H22N2O2S. The first-order valence-electron chi connectivity index (χ1n) is 8.53. The average Bonchev–Trinajstić information content (AvgIpc) is 2.99. The zero-order valence-electron chi connectivity index (χ0n) is 14.4. The van der Waals surface area contributed by atoms with Crippen LogP contribution >= 0.6 is 11.8 Å². The molecule has 0 saturated heterocycles. The number of ether oxygens (including phenoxy) is 1. The molecule has 25 heavy (non-hydrogen) atoms. The van der Waals surface area contributed by atoms with Crippen LogP contribution in [-0.4, -0.2) is 17.3 Å². The van der Waals surface area contributed by atoms with E-state index < -0.39 is 0 Å². The zero-order chi connectivity index (χ0) is 17.6. The molecule has 0 radical (unpaired) electrons. The first kappa shape index (κ1) is 16.3. The lowest BCUT2D eigenvalue weighted by Gasteiger charge is -2.38. The van der Waals surface area contributed by atoms with Gasteiger partial charge in [-0.2, -0.15) is 0 Å². The number of hydrogen-bond acceptors (Lipinski definition) is 4. The lowest BCUT2D eigenvalue weighted by Crippen LogP contribution is -2.42. The molecule has 4 rings (SSSR count). The number of nitrogens with two attached hydrogens (primary N) is 1. The second-order valence-corrected chi connectivity index (χ2v) is 8.39. The molecule has 1 amide bonds. The van der Waals surface area contributed by atoms with E-state index in [9.17, 15) is 4.79 Å². The molecule has 2 atom stereocenters. The molecule has 2 aliphatic heterocycles. The third-order valence-electron chi connectivity index (χ3n) is 4.82. The van der Waals surface area contributed by atoms with Crippen molar-refractivity contribution in [1.82, 2.24) is 5.32 Å². The van der Waals surface area contributed by atoms with Crippen molar-refractivity contribution in [2.45, 2.75) is 42.7 Å². The zero-order valence-corrected chi connectivity index (χ0v) is 15.2. The fourth-order valence-electron chi connectivity index (χ4n) is 3.65. The molecule has 2 heterocycles. The topological polar surface area (TPSA) is 64.4 Å². The van der Waals surface area contributed by atoms with Crippen molar-refractivity contribution in [3.05, 3.63) is 53.6 Å². The van der Waals surface area contributed by atoms with Gasteiger partial charge in [0.1, 0.15) is 11.4 Å². The van der Waals surface area contributed by atoms with Gasteiger partial charge < -0.3 is 15.8 Å². The Hall–Kier alpha value is -2.14. The van der Waals surface area contributed by atoms with Crippen LogP contribution < -0.4 is 15.8 Å². The lowest BCUT2D eigenvalue weighted by atomic mass is 9.88. The number of fused-ring (bicyclic) bond motifs is 2. The van der Waals surface area contributed by atoms with E-state index >= 15 is 0 Å². The Balaban J connectivity index is 1.61. The van der Waals surface area contributed by atoms with Crippen LogP contribution in [0.5, 0.6) is 5.75 Å². The second-order valence-electron chi connectivity index (χ2n) is 7.33. The molecule has 0 saturated carbocycles. The Labute approximate surface area is 152 Å². The van der Waals surface area contributed by atoms with Crippen molar-refractivity contribution in [3.63, 3.8) is 0 Å². The highest BCUT2D eigenvalue weighted by atomic mass is 32.2. The summed E-state index contributed by atoms with van der Waals surface area (Å²) in [6.45, 7) is 4.10. The van der Waals surface area contributed by atoms with Crippen LogP contribution in [0.3, 0.4) is 0 Å². The van der Waals surface area contributed by atoms with Crippen LogP contribution in [0.1, 0.15) is 43.4 Å². The maximum atomic E-state index is 13.0. The first-order valence-corrected chi connectivity index (χ1v) is 9.52. The third kappa shape index (κ3) is 3.09. The molecule has 4 nitrogen and oxygen atoms in total. The molecule has 2 unspecified atom stereocenters. The number of anilines is 1. The van der Waals surface area contributed by atoms with Gasteiger partial charge in [-0.25, -0.2) is 0 Å². The van der Waals surface area contributed by atoms with Gasteiger partial charge in [-0.3, -0.25) is 4.79 Å². The second kappa shape index (κ2) is 5.99. The Morgan fingerprint density at radius 1 is 1.24 bits per heavy atom. The van der Waals surface area contributed by atoms with Gasteiger partial charge >= 0.3 is 0 Å². The number of nitrogen functional groups attached to an aromatic ring is 1. The van der Waals surface area contributed by atoms with E-state index in [0.717, 1.165) is 29.1 Å². The van der Waals surface area contributed by atoms with Crippen LogP contribution in [0.25, 0.3) is 0 Å². The number of thioether (sulfide) groups is 1. The van der Waals surface area contributed by atoms with Gasteiger partial charge in [0, 0.05) is 28.3 Å². The molecule has 0 bridgehead atoms. The average molecular weight is 354 g/mol. The third-order valence-corrected chi connectivity index (χ3v) is 6.01. The highest BCUT2D eigenvalue weighted by molar-refractivity contribution is 7.99. The summed E-state index contributed by atoms with van der Waals surface area (Å²) in [5.41, 5.74) is 8.40. The Morgan fingerprint density at radius 2 is 2.04 bits per heavy atom. The number of carbonyl (C=O) groups is 1. The maximum Gasteiger partial charge on any atom is 0.228 e. The highest BCUT2D eigenvalue weighted by Gasteiger charge is 2.37. The summed E-state index contributed by atoms with van der Waals surface area (Å²) in [7, 11) is 0. The van der Waals surface area contributed by atoms with E-state index in [1.165, 1.54) is 4.90 Å². The number of carbonyl (C=O) groups excluding carboxylic acids is 1. The minimum Gasteiger partial charge on any atom is -0.487 e. The van der Waals surface area contributed by atoms with E-state index in [4.69, 9.17) is 10.5 Å². The molecule has 0 aliphatic carbocycles. The van der Waals surface area contributed by atoms with Crippen LogP contribution in [0.2, 0.25) is 0 Å².